The van der Waals surface area contributed by atoms with Crippen molar-refractivity contribution in [2.24, 2.45) is 0 Å². The number of anilines is 1. The van der Waals surface area contributed by atoms with Crippen LogP contribution in [0.3, 0.4) is 0 Å². The van der Waals surface area contributed by atoms with Gasteiger partial charge in [-0.2, -0.15) is 0 Å². The summed E-state index contributed by atoms with van der Waals surface area (Å²) in [7, 11) is 0. The highest BCUT2D eigenvalue weighted by Gasteiger charge is 2.01. The highest BCUT2D eigenvalue weighted by Crippen LogP contribution is 2.26. The van der Waals surface area contributed by atoms with Crippen LogP contribution in [-0.2, 0) is 11.2 Å². The van der Waals surface area contributed by atoms with E-state index in [1.54, 1.807) is 18.0 Å². The summed E-state index contributed by atoms with van der Waals surface area (Å²) in [6, 6.07) is 11.5. The van der Waals surface area contributed by atoms with Gasteiger partial charge in [-0.15, -0.1) is 0 Å². The lowest BCUT2D eigenvalue weighted by Gasteiger charge is -2.03. The molecule has 0 saturated heterocycles. The van der Waals surface area contributed by atoms with Crippen molar-refractivity contribution in [1.29, 1.82) is 0 Å². The molecule has 1 aromatic heterocycles. The molecular weight excluding hydrogens is 260 g/mol. The van der Waals surface area contributed by atoms with Crippen LogP contribution in [0.15, 0.2) is 52.5 Å². The van der Waals surface area contributed by atoms with Crippen LogP contribution in [-0.4, -0.2) is 16.1 Å². The number of nitrogens with zero attached hydrogens (tertiary/aromatic N) is 1. The second kappa shape index (κ2) is 6.24. The number of benzene rings is 1. The number of aryl methyl sites for hydroxylation is 1. The molecule has 19 heavy (non-hydrogen) atoms. The minimum absolute atomic E-state index is 0.159. The zero-order chi connectivity index (χ0) is 13.7. The van der Waals surface area contributed by atoms with Crippen molar-refractivity contribution in [2.45, 2.75) is 22.8 Å². The number of carboxylic acids is 1. The smallest absolute Gasteiger partial charge is 0.303 e. The minimum atomic E-state index is -0.774. The fourth-order valence-corrected chi connectivity index (χ4v) is 2.30. The van der Waals surface area contributed by atoms with Gasteiger partial charge in [0.1, 0.15) is 5.03 Å². The van der Waals surface area contributed by atoms with Crippen molar-refractivity contribution in [3.63, 3.8) is 0 Å². The van der Waals surface area contributed by atoms with Crippen molar-refractivity contribution < 1.29 is 9.90 Å². The summed E-state index contributed by atoms with van der Waals surface area (Å²) in [5.41, 5.74) is 7.25. The second-order valence-corrected chi connectivity index (χ2v) is 5.16. The molecule has 3 N–H and O–H groups in total. The first-order valence-electron chi connectivity index (χ1n) is 5.83. The average Bonchev–Trinajstić information content (AvgIpc) is 2.40. The predicted octanol–water partition coefficient (Wildman–Crippen LogP) is 2.83. The number of hydrogen-bond acceptors (Lipinski definition) is 4. The third-order valence-electron chi connectivity index (χ3n) is 2.53. The Hall–Kier alpha value is -2.01. The molecule has 1 heterocycles. The maximum atomic E-state index is 10.5. The highest BCUT2D eigenvalue weighted by atomic mass is 32.2. The number of pyridine rings is 1. The first-order chi connectivity index (χ1) is 9.13. The molecule has 0 fully saturated rings. The van der Waals surface area contributed by atoms with Gasteiger partial charge in [0, 0.05) is 11.3 Å². The molecule has 0 amide bonds. The average molecular weight is 274 g/mol. The maximum absolute atomic E-state index is 10.5. The van der Waals surface area contributed by atoms with Crippen LogP contribution in [0.25, 0.3) is 0 Å². The van der Waals surface area contributed by atoms with E-state index >= 15 is 0 Å². The molecule has 1 aromatic carbocycles. The van der Waals surface area contributed by atoms with Crippen molar-refractivity contribution in [2.75, 3.05) is 5.73 Å². The molecule has 0 bridgehead atoms. The molecule has 0 spiro atoms. The molecule has 0 unspecified atom stereocenters. The van der Waals surface area contributed by atoms with Crippen LogP contribution in [0, 0.1) is 0 Å². The van der Waals surface area contributed by atoms with Gasteiger partial charge in [0.25, 0.3) is 0 Å². The predicted molar refractivity (Wildman–Crippen MR) is 75.2 cm³/mol. The third-order valence-corrected chi connectivity index (χ3v) is 3.49. The topological polar surface area (TPSA) is 76.2 Å². The van der Waals surface area contributed by atoms with Crippen LogP contribution < -0.4 is 5.73 Å². The lowest BCUT2D eigenvalue weighted by molar-refractivity contribution is -0.136. The van der Waals surface area contributed by atoms with E-state index in [-0.39, 0.29) is 6.42 Å². The molecule has 0 aliphatic rings. The third kappa shape index (κ3) is 4.30. The van der Waals surface area contributed by atoms with Gasteiger partial charge in [0.05, 0.1) is 11.9 Å². The molecule has 4 nitrogen and oxygen atoms in total. The van der Waals surface area contributed by atoms with Crippen molar-refractivity contribution in [1.82, 2.24) is 4.98 Å². The Balaban J connectivity index is 1.98. The molecule has 5 heteroatoms. The van der Waals surface area contributed by atoms with E-state index in [0.717, 1.165) is 15.5 Å². The summed E-state index contributed by atoms with van der Waals surface area (Å²) in [4.78, 5) is 15.8. The van der Waals surface area contributed by atoms with Gasteiger partial charge in [-0.1, -0.05) is 23.9 Å². The molecule has 2 rings (SSSR count). The standard InChI is InChI=1S/C14H14N2O2S/c15-11-4-7-13(16-9-11)19-12-5-1-10(2-6-12)3-8-14(17)18/h1-2,4-7,9H,3,8,15H2,(H,17,18). The van der Waals surface area contributed by atoms with Gasteiger partial charge in [0.2, 0.25) is 0 Å². The van der Waals surface area contributed by atoms with E-state index in [0.29, 0.717) is 12.1 Å². The van der Waals surface area contributed by atoms with Crippen molar-refractivity contribution in [3.8, 4) is 0 Å². The van der Waals surface area contributed by atoms with Gasteiger partial charge in [-0.3, -0.25) is 4.79 Å². The first-order valence-corrected chi connectivity index (χ1v) is 6.65. The van der Waals surface area contributed by atoms with E-state index in [4.69, 9.17) is 10.8 Å². The Labute approximate surface area is 115 Å². The number of carbonyl (C=O) groups is 1. The Kier molecular flexibility index (Phi) is 4.41. The normalized spacial score (nSPS) is 10.3. The monoisotopic (exact) mass is 274 g/mol. The fraction of sp³-hybridized carbons (Fsp3) is 0.143. The Morgan fingerprint density at radius 2 is 1.95 bits per heavy atom. The maximum Gasteiger partial charge on any atom is 0.303 e. The summed E-state index contributed by atoms with van der Waals surface area (Å²) in [5.74, 6) is -0.774. The van der Waals surface area contributed by atoms with Crippen molar-refractivity contribution in [3.05, 3.63) is 48.2 Å². The van der Waals surface area contributed by atoms with Gasteiger partial charge in [0.15, 0.2) is 0 Å². The van der Waals surface area contributed by atoms with E-state index in [1.807, 2.05) is 36.4 Å². The van der Waals surface area contributed by atoms with Crippen molar-refractivity contribution >= 4 is 23.4 Å². The lowest BCUT2D eigenvalue weighted by Crippen LogP contribution is -1.97. The Bertz CT molecular complexity index is 553. The van der Waals surface area contributed by atoms with Crippen LogP contribution >= 0.6 is 11.8 Å². The van der Waals surface area contributed by atoms with Gasteiger partial charge in [-0.05, 0) is 36.2 Å². The Morgan fingerprint density at radius 3 is 2.53 bits per heavy atom. The fourth-order valence-electron chi connectivity index (χ4n) is 1.55. The SMILES string of the molecule is Nc1ccc(Sc2ccc(CCC(=O)O)cc2)nc1. The summed E-state index contributed by atoms with van der Waals surface area (Å²) in [5, 5.41) is 9.51. The summed E-state index contributed by atoms with van der Waals surface area (Å²) < 4.78 is 0. The largest absolute Gasteiger partial charge is 0.481 e. The van der Waals surface area contributed by atoms with Crippen LogP contribution in [0.4, 0.5) is 5.69 Å². The molecule has 0 saturated carbocycles. The van der Waals surface area contributed by atoms with Gasteiger partial charge >= 0.3 is 5.97 Å². The molecule has 0 atom stereocenters. The number of aliphatic carboxylic acids is 1. The number of rotatable bonds is 5. The first kappa shape index (κ1) is 13.4. The van der Waals surface area contributed by atoms with E-state index in [9.17, 15) is 4.79 Å². The number of carboxylic acid groups (broad SMARTS) is 1. The Morgan fingerprint density at radius 1 is 1.21 bits per heavy atom. The summed E-state index contributed by atoms with van der Waals surface area (Å²) in [6.07, 6.45) is 2.34. The van der Waals surface area contributed by atoms with E-state index < -0.39 is 5.97 Å². The van der Waals surface area contributed by atoms with Crippen LogP contribution in [0.2, 0.25) is 0 Å². The molecular formula is C14H14N2O2S. The van der Waals surface area contributed by atoms with E-state index in [2.05, 4.69) is 4.98 Å². The second-order valence-electron chi connectivity index (χ2n) is 4.07. The van der Waals surface area contributed by atoms with Gasteiger partial charge in [-0.25, -0.2) is 4.98 Å². The van der Waals surface area contributed by atoms with Crippen LogP contribution in [0.5, 0.6) is 0 Å². The zero-order valence-corrected chi connectivity index (χ0v) is 11.1. The minimum Gasteiger partial charge on any atom is -0.481 e. The van der Waals surface area contributed by atoms with Crippen LogP contribution in [0.1, 0.15) is 12.0 Å². The number of nitrogen functional groups attached to an aromatic ring is 1. The quantitative estimate of drug-likeness (QED) is 0.876. The highest BCUT2D eigenvalue weighted by molar-refractivity contribution is 7.99. The summed E-state index contributed by atoms with van der Waals surface area (Å²) >= 11 is 1.55. The zero-order valence-electron chi connectivity index (χ0n) is 10.2. The number of hydrogen-bond donors (Lipinski definition) is 2. The number of nitrogens with two attached hydrogens (primary N) is 1. The molecule has 0 aliphatic carbocycles. The molecule has 0 aliphatic heterocycles. The van der Waals surface area contributed by atoms with E-state index in [1.165, 1.54) is 0 Å². The number of aromatic nitrogens is 1. The molecule has 2 aromatic rings. The van der Waals surface area contributed by atoms with Gasteiger partial charge < -0.3 is 10.8 Å². The molecule has 98 valence electrons. The lowest BCUT2D eigenvalue weighted by atomic mass is 10.1. The summed E-state index contributed by atoms with van der Waals surface area (Å²) in [6.45, 7) is 0. The molecule has 0 radical (unpaired) electrons.